The van der Waals surface area contributed by atoms with E-state index in [1.807, 2.05) is 0 Å². The molecule has 2 rings (SSSR count). The molecule has 2 atom stereocenters. The molecule has 2 heterocycles. The van der Waals surface area contributed by atoms with Gasteiger partial charge in [-0.15, -0.1) is 0 Å². The molecule has 1 saturated heterocycles. The molecule has 1 aromatic heterocycles. The third-order valence-electron chi connectivity index (χ3n) is 3.42. The number of hydrogen-bond donors (Lipinski definition) is 2. The third kappa shape index (κ3) is 3.53. The van der Waals surface area contributed by atoms with Crippen LogP contribution in [0.4, 0.5) is 6.01 Å². The SMILES string of the molecule is Cc1noc(NC(=O)CC(C)C2CCCNC2)n1. The summed E-state index contributed by atoms with van der Waals surface area (Å²) in [5.41, 5.74) is 0. The molecule has 100 valence electrons. The van der Waals surface area contributed by atoms with Crippen molar-refractivity contribution in [3.63, 3.8) is 0 Å². The molecule has 1 aliphatic rings. The number of rotatable bonds is 4. The molecule has 6 heteroatoms. The number of piperidine rings is 1. The molecule has 1 aliphatic heterocycles. The van der Waals surface area contributed by atoms with Gasteiger partial charge in [-0.25, -0.2) is 0 Å². The van der Waals surface area contributed by atoms with Gasteiger partial charge in [-0.1, -0.05) is 12.1 Å². The molecule has 6 nitrogen and oxygen atoms in total. The van der Waals surface area contributed by atoms with Crippen LogP contribution in [0.5, 0.6) is 0 Å². The van der Waals surface area contributed by atoms with Crippen LogP contribution in [-0.2, 0) is 4.79 Å². The highest BCUT2D eigenvalue weighted by Gasteiger charge is 2.22. The van der Waals surface area contributed by atoms with E-state index in [1.54, 1.807) is 6.92 Å². The highest BCUT2D eigenvalue weighted by Crippen LogP contribution is 2.22. The Morgan fingerprint density at radius 3 is 3.11 bits per heavy atom. The van der Waals surface area contributed by atoms with Gasteiger partial charge in [0.2, 0.25) is 5.91 Å². The summed E-state index contributed by atoms with van der Waals surface area (Å²) < 4.78 is 4.86. The molecular weight excluding hydrogens is 232 g/mol. The van der Waals surface area contributed by atoms with Gasteiger partial charge in [0.25, 0.3) is 0 Å². The van der Waals surface area contributed by atoms with Crippen molar-refractivity contribution in [2.45, 2.75) is 33.1 Å². The maximum absolute atomic E-state index is 11.8. The van der Waals surface area contributed by atoms with Gasteiger partial charge in [-0.2, -0.15) is 4.98 Å². The summed E-state index contributed by atoms with van der Waals surface area (Å²) in [6, 6.07) is 0.187. The lowest BCUT2D eigenvalue weighted by molar-refractivity contribution is -0.117. The van der Waals surface area contributed by atoms with Crippen molar-refractivity contribution >= 4 is 11.9 Å². The Balaban J connectivity index is 1.79. The second-order valence-electron chi connectivity index (χ2n) is 4.98. The van der Waals surface area contributed by atoms with Gasteiger partial charge in [-0.3, -0.25) is 10.1 Å². The van der Waals surface area contributed by atoms with Gasteiger partial charge in [-0.05, 0) is 44.7 Å². The Labute approximate surface area is 107 Å². The van der Waals surface area contributed by atoms with Crippen LogP contribution >= 0.6 is 0 Å². The highest BCUT2D eigenvalue weighted by molar-refractivity contribution is 5.88. The smallest absolute Gasteiger partial charge is 0.316 e. The fraction of sp³-hybridized carbons (Fsp3) is 0.750. The molecule has 1 fully saturated rings. The molecular formula is C12H20N4O2. The Kier molecular flexibility index (Phi) is 4.30. The minimum absolute atomic E-state index is 0.0586. The quantitative estimate of drug-likeness (QED) is 0.845. The van der Waals surface area contributed by atoms with Crippen LogP contribution in [0.1, 0.15) is 32.0 Å². The van der Waals surface area contributed by atoms with E-state index in [2.05, 4.69) is 27.7 Å². The van der Waals surface area contributed by atoms with Crippen molar-refractivity contribution in [3.05, 3.63) is 5.82 Å². The zero-order chi connectivity index (χ0) is 13.0. The number of nitrogens with zero attached hydrogens (tertiary/aromatic N) is 2. The third-order valence-corrected chi connectivity index (χ3v) is 3.42. The standard InChI is InChI=1S/C12H20N4O2/c1-8(10-4-3-5-13-7-10)6-11(17)15-12-14-9(2)16-18-12/h8,10,13H,3-7H2,1-2H3,(H,14,15,16,17). The van der Waals surface area contributed by atoms with Crippen LogP contribution < -0.4 is 10.6 Å². The molecule has 0 spiro atoms. The number of aromatic nitrogens is 2. The topological polar surface area (TPSA) is 80.0 Å². The number of amides is 1. The second kappa shape index (κ2) is 5.95. The van der Waals surface area contributed by atoms with Gasteiger partial charge in [0.05, 0.1) is 0 Å². The van der Waals surface area contributed by atoms with Crippen LogP contribution in [0.25, 0.3) is 0 Å². The van der Waals surface area contributed by atoms with Crippen molar-refractivity contribution in [2.24, 2.45) is 11.8 Å². The van der Waals surface area contributed by atoms with E-state index >= 15 is 0 Å². The maximum Gasteiger partial charge on any atom is 0.328 e. The molecule has 0 bridgehead atoms. The van der Waals surface area contributed by atoms with Gasteiger partial charge < -0.3 is 9.84 Å². The number of anilines is 1. The summed E-state index contributed by atoms with van der Waals surface area (Å²) in [7, 11) is 0. The summed E-state index contributed by atoms with van der Waals surface area (Å²) in [4.78, 5) is 15.8. The van der Waals surface area contributed by atoms with Crippen LogP contribution in [0, 0.1) is 18.8 Å². The summed E-state index contributed by atoms with van der Waals surface area (Å²) in [6.07, 6.45) is 2.88. The normalized spacial score (nSPS) is 21.6. The lowest BCUT2D eigenvalue weighted by Crippen LogP contribution is -2.34. The fourth-order valence-electron chi connectivity index (χ4n) is 2.34. The van der Waals surface area contributed by atoms with Crippen LogP contribution in [-0.4, -0.2) is 29.1 Å². The lowest BCUT2D eigenvalue weighted by Gasteiger charge is -2.27. The number of nitrogens with one attached hydrogen (secondary N) is 2. The minimum atomic E-state index is -0.0586. The summed E-state index contributed by atoms with van der Waals surface area (Å²) in [6.45, 7) is 5.94. The first-order valence-electron chi connectivity index (χ1n) is 6.46. The summed E-state index contributed by atoms with van der Waals surface area (Å²) in [5.74, 6) is 1.40. The van der Waals surface area contributed by atoms with Crippen molar-refractivity contribution in [1.29, 1.82) is 0 Å². The van der Waals surface area contributed by atoms with Crippen molar-refractivity contribution in [3.8, 4) is 0 Å². The number of hydrogen-bond acceptors (Lipinski definition) is 5. The molecule has 2 N–H and O–H groups in total. The predicted octanol–water partition coefficient (Wildman–Crippen LogP) is 1.34. The zero-order valence-corrected chi connectivity index (χ0v) is 10.9. The highest BCUT2D eigenvalue weighted by atomic mass is 16.5. The monoisotopic (exact) mass is 252 g/mol. The van der Waals surface area contributed by atoms with E-state index < -0.39 is 0 Å². The van der Waals surface area contributed by atoms with Crippen LogP contribution in [0.3, 0.4) is 0 Å². The Morgan fingerprint density at radius 2 is 2.50 bits per heavy atom. The summed E-state index contributed by atoms with van der Waals surface area (Å²) in [5, 5.41) is 9.63. The van der Waals surface area contributed by atoms with E-state index in [1.165, 1.54) is 12.8 Å². The Morgan fingerprint density at radius 1 is 1.67 bits per heavy atom. The number of carbonyl (C=O) groups excluding carboxylic acids is 1. The molecule has 0 aromatic carbocycles. The van der Waals surface area contributed by atoms with Gasteiger partial charge in [0.15, 0.2) is 5.82 Å². The van der Waals surface area contributed by atoms with E-state index in [-0.39, 0.29) is 11.9 Å². The molecule has 0 aliphatic carbocycles. The average molecular weight is 252 g/mol. The zero-order valence-electron chi connectivity index (χ0n) is 10.9. The number of carbonyl (C=O) groups is 1. The summed E-state index contributed by atoms with van der Waals surface area (Å²) >= 11 is 0. The molecule has 1 amide bonds. The minimum Gasteiger partial charge on any atom is -0.316 e. The average Bonchev–Trinajstić information content (AvgIpc) is 2.75. The first-order chi connectivity index (χ1) is 8.65. The number of aryl methyl sites for hydroxylation is 1. The van der Waals surface area contributed by atoms with Gasteiger partial charge in [0.1, 0.15) is 0 Å². The first kappa shape index (κ1) is 13.0. The Hall–Kier alpha value is -1.43. The van der Waals surface area contributed by atoms with Crippen molar-refractivity contribution < 1.29 is 9.32 Å². The van der Waals surface area contributed by atoms with Gasteiger partial charge in [0, 0.05) is 6.42 Å². The second-order valence-corrected chi connectivity index (χ2v) is 4.98. The molecule has 1 aromatic rings. The van der Waals surface area contributed by atoms with Crippen molar-refractivity contribution in [1.82, 2.24) is 15.5 Å². The van der Waals surface area contributed by atoms with E-state index in [9.17, 15) is 4.79 Å². The maximum atomic E-state index is 11.8. The van der Waals surface area contributed by atoms with Crippen LogP contribution in [0.15, 0.2) is 4.52 Å². The lowest BCUT2D eigenvalue weighted by atomic mass is 9.85. The molecule has 18 heavy (non-hydrogen) atoms. The molecule has 0 saturated carbocycles. The van der Waals surface area contributed by atoms with E-state index in [0.717, 1.165) is 13.1 Å². The van der Waals surface area contributed by atoms with Gasteiger partial charge >= 0.3 is 6.01 Å². The fourth-order valence-corrected chi connectivity index (χ4v) is 2.34. The van der Waals surface area contributed by atoms with Crippen molar-refractivity contribution in [2.75, 3.05) is 18.4 Å². The van der Waals surface area contributed by atoms with E-state index in [4.69, 9.17) is 4.52 Å². The van der Waals surface area contributed by atoms with Crippen LogP contribution in [0.2, 0.25) is 0 Å². The predicted molar refractivity (Wildman–Crippen MR) is 67.0 cm³/mol. The molecule has 2 unspecified atom stereocenters. The largest absolute Gasteiger partial charge is 0.328 e. The first-order valence-corrected chi connectivity index (χ1v) is 6.46. The molecule has 0 radical (unpaired) electrons. The Bertz CT molecular complexity index is 399. The van der Waals surface area contributed by atoms with E-state index in [0.29, 0.717) is 24.1 Å².